The van der Waals surface area contributed by atoms with Gasteiger partial charge in [0.25, 0.3) is 5.91 Å². The first-order valence-corrected chi connectivity index (χ1v) is 29.6. The SMILES string of the molecule is CCO[Si](CCCNC(=O)COc1ccc(-c2c3nc(c(-c4ccc(C(C)(C)C)cc4)c4ccc([nH]4)c(-c4ccc(C(C)(C)C)cc4)c4nc(c(-c5ccc(C(C)(C)C)cc5)c5ccc2[nH]5)C=C4)C=C3)cc1)(OCC)OCC. The highest BCUT2D eigenvalue weighted by molar-refractivity contribution is 6.60. The van der Waals surface area contributed by atoms with E-state index in [0.717, 1.165) is 89.4 Å². The van der Waals surface area contributed by atoms with Crippen molar-refractivity contribution in [2.45, 2.75) is 112 Å². The second-order valence-electron chi connectivity index (χ2n) is 23.2. The Balaban J connectivity index is 1.19. The van der Waals surface area contributed by atoms with Crippen LogP contribution in [-0.2, 0) is 34.3 Å². The summed E-state index contributed by atoms with van der Waals surface area (Å²) in [4.78, 5) is 32.0. The standard InChI is InChI=1S/C67H77N5O5Si/c1-13-75-78(76-14-2,77-15-3)42-16-41-68-60(73)43-74-51-31-23-47(24-32-51)64-58-39-37-56(71-58)62(45-19-27-49(28-20-45)66(7,8)9)54-35-33-52(69-54)61(44-17-25-48(26-18-44)65(4,5)6)53-34-36-55(70-53)63(57-38-40-59(64)72-57)46-21-29-50(30-22-46)67(10,11)12/h17-40,69,72H,13-16,41-43H2,1-12H3,(H,68,73). The highest BCUT2D eigenvalue weighted by Crippen LogP contribution is 2.40. The van der Waals surface area contributed by atoms with Crippen molar-refractivity contribution in [2.24, 2.45) is 0 Å². The minimum atomic E-state index is -2.80. The minimum absolute atomic E-state index is 0.000984. The van der Waals surface area contributed by atoms with Crippen molar-refractivity contribution in [3.63, 3.8) is 0 Å². The van der Waals surface area contributed by atoms with Gasteiger partial charge in [0, 0.05) is 76.7 Å². The Bertz CT molecular complexity index is 3420. The summed E-state index contributed by atoms with van der Waals surface area (Å²) in [5.74, 6) is 0.367. The molecule has 1 amide bonds. The van der Waals surface area contributed by atoms with Crippen molar-refractivity contribution >= 4 is 61.1 Å². The number of aromatic nitrogens is 4. The van der Waals surface area contributed by atoms with Crippen LogP contribution in [0.3, 0.4) is 0 Å². The number of H-pyrrole nitrogens is 2. The van der Waals surface area contributed by atoms with Gasteiger partial charge in [0.15, 0.2) is 6.61 Å². The van der Waals surface area contributed by atoms with E-state index in [1.165, 1.54) is 16.7 Å². The van der Waals surface area contributed by atoms with Crippen LogP contribution in [0.1, 0.15) is 129 Å². The van der Waals surface area contributed by atoms with E-state index in [4.69, 9.17) is 28.0 Å². The molecule has 10 nitrogen and oxygen atoms in total. The molecule has 3 N–H and O–H groups in total. The second-order valence-corrected chi connectivity index (χ2v) is 26.0. The fourth-order valence-corrected chi connectivity index (χ4v) is 12.9. The summed E-state index contributed by atoms with van der Waals surface area (Å²) in [7, 11) is -2.80. The van der Waals surface area contributed by atoms with Gasteiger partial charge < -0.3 is 33.3 Å². The van der Waals surface area contributed by atoms with Crippen LogP contribution in [0.25, 0.3) is 90.9 Å². The Labute approximate surface area is 462 Å². The molecule has 0 radical (unpaired) electrons. The molecule has 0 saturated carbocycles. The molecule has 0 unspecified atom stereocenters. The normalized spacial score (nSPS) is 12.8. The number of hydrogen-bond acceptors (Lipinski definition) is 7. The highest BCUT2D eigenvalue weighted by Gasteiger charge is 2.39. The number of carbonyl (C=O) groups excluding carboxylic acids is 1. The molecule has 2 aliphatic heterocycles. The molecule has 7 aromatic rings. The molecule has 3 aromatic heterocycles. The number of hydrogen-bond donors (Lipinski definition) is 3. The lowest BCUT2D eigenvalue weighted by atomic mass is 9.86. The summed E-state index contributed by atoms with van der Waals surface area (Å²) in [5.41, 5.74) is 18.8. The van der Waals surface area contributed by atoms with Crippen LogP contribution in [-0.4, -0.2) is 67.6 Å². The van der Waals surface area contributed by atoms with E-state index in [1.807, 2.05) is 45.0 Å². The summed E-state index contributed by atoms with van der Waals surface area (Å²) in [6.07, 6.45) is 9.21. The number of nitrogens with zero attached hydrogens (tertiary/aromatic N) is 2. The van der Waals surface area contributed by atoms with Crippen molar-refractivity contribution in [1.29, 1.82) is 0 Å². The quantitative estimate of drug-likeness (QED) is 0.0613. The fourth-order valence-electron chi connectivity index (χ4n) is 10.3. The van der Waals surface area contributed by atoms with E-state index in [2.05, 4.69) is 199 Å². The van der Waals surface area contributed by atoms with E-state index in [9.17, 15) is 4.79 Å². The molecule has 9 rings (SSSR count). The number of nitrogens with one attached hydrogen (secondary N) is 3. The summed E-state index contributed by atoms with van der Waals surface area (Å²) < 4.78 is 24.1. The number of carbonyl (C=O) groups is 1. The molecule has 0 spiro atoms. The van der Waals surface area contributed by atoms with Gasteiger partial charge >= 0.3 is 8.80 Å². The fraction of sp³-hybridized carbons (Fsp3) is 0.328. The Morgan fingerprint density at radius 2 is 0.769 bits per heavy atom. The highest BCUT2D eigenvalue weighted by atomic mass is 28.4. The maximum Gasteiger partial charge on any atom is 0.500 e. The van der Waals surface area contributed by atoms with E-state index in [1.54, 1.807) is 0 Å². The zero-order valence-corrected chi connectivity index (χ0v) is 48.7. The number of rotatable bonds is 17. The molecule has 78 heavy (non-hydrogen) atoms. The topological polar surface area (TPSA) is 123 Å². The Morgan fingerprint density at radius 1 is 0.462 bits per heavy atom. The average molecular weight is 1060 g/mol. The van der Waals surface area contributed by atoms with Crippen molar-refractivity contribution in [3.8, 4) is 50.3 Å². The summed E-state index contributed by atoms with van der Waals surface area (Å²) in [6, 6.07) is 43.9. The van der Waals surface area contributed by atoms with E-state index in [0.29, 0.717) is 44.6 Å². The molecule has 4 aromatic carbocycles. The van der Waals surface area contributed by atoms with Gasteiger partial charge in [0.1, 0.15) is 5.75 Å². The molecule has 0 atom stereocenters. The maximum absolute atomic E-state index is 13.1. The minimum Gasteiger partial charge on any atom is -0.484 e. The molecule has 0 saturated heterocycles. The van der Waals surface area contributed by atoms with Crippen molar-refractivity contribution < 1.29 is 22.8 Å². The van der Waals surface area contributed by atoms with Gasteiger partial charge in [-0.2, -0.15) is 0 Å². The molecule has 404 valence electrons. The lowest BCUT2D eigenvalue weighted by Crippen LogP contribution is -2.46. The van der Waals surface area contributed by atoms with Crippen LogP contribution in [0, 0.1) is 0 Å². The lowest BCUT2D eigenvalue weighted by molar-refractivity contribution is -0.123. The van der Waals surface area contributed by atoms with Crippen LogP contribution >= 0.6 is 0 Å². The molecular weight excluding hydrogens is 983 g/mol. The predicted octanol–water partition coefficient (Wildman–Crippen LogP) is 16.1. The first kappa shape index (κ1) is 55.6. The van der Waals surface area contributed by atoms with E-state index >= 15 is 0 Å². The van der Waals surface area contributed by atoms with Crippen LogP contribution < -0.4 is 10.1 Å². The number of fused-ring (bicyclic) bond motifs is 8. The molecule has 11 heteroatoms. The van der Waals surface area contributed by atoms with Crippen LogP contribution in [0.2, 0.25) is 6.04 Å². The van der Waals surface area contributed by atoms with Gasteiger partial charge in [-0.3, -0.25) is 4.79 Å². The number of ether oxygens (including phenoxy) is 1. The zero-order valence-electron chi connectivity index (χ0n) is 47.7. The van der Waals surface area contributed by atoms with Crippen LogP contribution in [0.15, 0.2) is 121 Å². The Hall–Kier alpha value is -7.15. The largest absolute Gasteiger partial charge is 0.500 e. The molecule has 5 heterocycles. The van der Waals surface area contributed by atoms with Gasteiger partial charge in [0.05, 0.1) is 22.8 Å². The predicted molar refractivity (Wildman–Crippen MR) is 325 cm³/mol. The summed E-state index contributed by atoms with van der Waals surface area (Å²) >= 11 is 0. The van der Waals surface area contributed by atoms with Gasteiger partial charge in [-0.05, 0) is 143 Å². The first-order valence-electron chi connectivity index (χ1n) is 27.7. The van der Waals surface area contributed by atoms with Gasteiger partial charge in [-0.1, -0.05) is 147 Å². The van der Waals surface area contributed by atoms with Gasteiger partial charge in [-0.25, -0.2) is 9.97 Å². The zero-order chi connectivity index (χ0) is 55.4. The third kappa shape index (κ3) is 12.4. The molecule has 8 bridgehead atoms. The smallest absolute Gasteiger partial charge is 0.484 e. The number of aromatic amines is 2. The van der Waals surface area contributed by atoms with Gasteiger partial charge in [-0.15, -0.1) is 0 Å². The number of amides is 1. The Kier molecular flexibility index (Phi) is 16.4. The van der Waals surface area contributed by atoms with Crippen molar-refractivity contribution in [3.05, 3.63) is 161 Å². The lowest BCUT2D eigenvalue weighted by Gasteiger charge is -2.28. The average Bonchev–Trinajstić information content (AvgIpc) is 4.27. The number of benzene rings is 4. The van der Waals surface area contributed by atoms with E-state index in [-0.39, 0.29) is 28.8 Å². The van der Waals surface area contributed by atoms with Crippen LogP contribution in [0.5, 0.6) is 5.75 Å². The maximum atomic E-state index is 13.1. The summed E-state index contributed by atoms with van der Waals surface area (Å²) in [5, 5.41) is 2.99. The van der Waals surface area contributed by atoms with Crippen molar-refractivity contribution in [1.82, 2.24) is 25.3 Å². The third-order valence-corrected chi connectivity index (χ3v) is 17.6. The molecule has 2 aliphatic rings. The summed E-state index contributed by atoms with van der Waals surface area (Å²) in [6.45, 7) is 27.9. The van der Waals surface area contributed by atoms with E-state index < -0.39 is 8.80 Å². The second kappa shape index (κ2) is 23.0. The van der Waals surface area contributed by atoms with Gasteiger partial charge in [0.2, 0.25) is 0 Å². The Morgan fingerprint density at radius 3 is 1.06 bits per heavy atom. The molecule has 0 fully saturated rings. The molecule has 0 aliphatic carbocycles. The van der Waals surface area contributed by atoms with Crippen molar-refractivity contribution in [2.75, 3.05) is 33.0 Å². The first-order chi connectivity index (χ1) is 37.3. The molecular formula is C67H77N5O5Si. The third-order valence-electron chi connectivity index (χ3n) is 14.5. The monoisotopic (exact) mass is 1060 g/mol. The van der Waals surface area contributed by atoms with Crippen LogP contribution in [0.4, 0.5) is 0 Å².